The number of amides is 3. The smallest absolute Gasteiger partial charge is 0.272 e. The van der Waals surface area contributed by atoms with Crippen molar-refractivity contribution in [2.45, 2.75) is 4.90 Å². The van der Waals surface area contributed by atoms with Crippen molar-refractivity contribution >= 4 is 57.8 Å². The van der Waals surface area contributed by atoms with E-state index in [1.807, 2.05) is 54.6 Å². The lowest BCUT2D eigenvalue weighted by atomic mass is 10.1. The molecule has 0 radical (unpaired) electrons. The first kappa shape index (κ1) is 28.3. The van der Waals surface area contributed by atoms with Crippen LogP contribution < -0.4 is 20.7 Å². The second-order valence-corrected chi connectivity index (χ2v) is 10.2. The van der Waals surface area contributed by atoms with E-state index >= 15 is 0 Å². The number of nitrogens with one attached hydrogen (secondary N) is 4. The first-order valence-electron chi connectivity index (χ1n) is 13.1. The topological polar surface area (TPSA) is 112 Å². The fourth-order valence-corrected chi connectivity index (χ4v) is 4.93. The minimum absolute atomic E-state index is 0.0973. The largest absolute Gasteiger partial charge is 0.495 e. The molecule has 0 unspecified atom stereocenters. The van der Waals surface area contributed by atoms with Crippen molar-refractivity contribution in [2.75, 3.05) is 23.5 Å². The number of methoxy groups -OCH3 is 1. The van der Waals surface area contributed by atoms with Gasteiger partial charge < -0.3 is 25.7 Å². The zero-order valence-electron chi connectivity index (χ0n) is 22.7. The number of anilines is 2. The van der Waals surface area contributed by atoms with Gasteiger partial charge in [0.15, 0.2) is 0 Å². The average Bonchev–Trinajstić information content (AvgIpc) is 3.43. The number of carbonyl (C=O) groups is 3. The van der Waals surface area contributed by atoms with E-state index < -0.39 is 11.8 Å². The summed E-state index contributed by atoms with van der Waals surface area (Å²) in [6, 6.07) is 30.8. The SMILES string of the molecule is COc1ccccc1NC(=O)CSc1ccc(NC(=O)C(=Cc2c[nH]c3ccccc23)NC(=O)c2ccccc2)cc1. The Bertz CT molecular complexity index is 1750. The number of fused-ring (bicyclic) bond motifs is 1. The highest BCUT2D eigenvalue weighted by molar-refractivity contribution is 8.00. The summed E-state index contributed by atoms with van der Waals surface area (Å²) in [6.07, 6.45) is 3.45. The van der Waals surface area contributed by atoms with E-state index in [0.29, 0.717) is 22.7 Å². The molecule has 42 heavy (non-hydrogen) atoms. The fraction of sp³-hybridized carbons (Fsp3) is 0.0606. The number of aromatic amines is 1. The highest BCUT2D eigenvalue weighted by Crippen LogP contribution is 2.25. The third kappa shape index (κ3) is 7.07. The summed E-state index contributed by atoms with van der Waals surface area (Å²) >= 11 is 1.37. The van der Waals surface area contributed by atoms with Crippen LogP contribution in [0.4, 0.5) is 11.4 Å². The Morgan fingerprint density at radius 1 is 0.833 bits per heavy atom. The Labute approximate surface area is 247 Å². The van der Waals surface area contributed by atoms with Gasteiger partial charge in [-0.3, -0.25) is 14.4 Å². The van der Waals surface area contributed by atoms with Gasteiger partial charge in [0, 0.05) is 38.8 Å². The summed E-state index contributed by atoms with van der Waals surface area (Å²) in [5.41, 5.74) is 3.37. The predicted molar refractivity (Wildman–Crippen MR) is 168 cm³/mol. The lowest BCUT2D eigenvalue weighted by molar-refractivity contribution is -0.114. The molecule has 0 aliphatic carbocycles. The van der Waals surface area contributed by atoms with Gasteiger partial charge in [0.05, 0.1) is 18.6 Å². The summed E-state index contributed by atoms with van der Waals surface area (Å²) in [5.74, 6) is -0.236. The summed E-state index contributed by atoms with van der Waals surface area (Å²) in [7, 11) is 1.55. The van der Waals surface area contributed by atoms with Crippen LogP contribution in [0.2, 0.25) is 0 Å². The quantitative estimate of drug-likeness (QED) is 0.115. The molecule has 9 heteroatoms. The maximum atomic E-state index is 13.4. The molecule has 0 spiro atoms. The first-order valence-corrected chi connectivity index (χ1v) is 14.1. The molecule has 1 heterocycles. The summed E-state index contributed by atoms with van der Waals surface area (Å²) < 4.78 is 5.28. The Kier molecular flexibility index (Phi) is 9.00. The third-order valence-electron chi connectivity index (χ3n) is 6.31. The van der Waals surface area contributed by atoms with Gasteiger partial charge in [0.25, 0.3) is 11.8 Å². The highest BCUT2D eigenvalue weighted by atomic mass is 32.2. The van der Waals surface area contributed by atoms with Crippen molar-refractivity contribution in [1.29, 1.82) is 0 Å². The molecule has 5 aromatic rings. The summed E-state index contributed by atoms with van der Waals surface area (Å²) in [5, 5.41) is 9.41. The van der Waals surface area contributed by atoms with Gasteiger partial charge in [-0.1, -0.05) is 48.5 Å². The van der Waals surface area contributed by atoms with E-state index in [9.17, 15) is 14.4 Å². The molecule has 0 saturated heterocycles. The molecule has 5 rings (SSSR count). The zero-order chi connectivity index (χ0) is 29.3. The van der Waals surface area contributed by atoms with Gasteiger partial charge in [0.2, 0.25) is 5.91 Å². The van der Waals surface area contributed by atoms with Crippen LogP contribution in [0.1, 0.15) is 15.9 Å². The molecule has 0 fully saturated rings. The van der Waals surface area contributed by atoms with Crippen molar-refractivity contribution in [2.24, 2.45) is 0 Å². The standard InChI is InChI=1S/C33H28N4O4S/c1-41-30-14-8-7-13-28(30)36-31(38)21-42-25-17-15-24(16-18-25)35-33(40)29(37-32(39)22-9-3-2-4-10-22)19-23-20-34-27-12-6-5-11-26(23)27/h2-20,34H,21H2,1H3,(H,35,40)(H,36,38)(H,37,39). The Morgan fingerprint density at radius 3 is 2.33 bits per heavy atom. The third-order valence-corrected chi connectivity index (χ3v) is 7.33. The number of ether oxygens (including phenoxy) is 1. The average molecular weight is 577 g/mol. The number of aromatic nitrogens is 1. The molecule has 0 atom stereocenters. The number of hydrogen-bond acceptors (Lipinski definition) is 5. The minimum Gasteiger partial charge on any atom is -0.495 e. The molecule has 4 aromatic carbocycles. The Morgan fingerprint density at radius 2 is 1.55 bits per heavy atom. The number of H-pyrrole nitrogens is 1. The number of thioether (sulfide) groups is 1. The minimum atomic E-state index is -0.471. The van der Waals surface area contributed by atoms with Gasteiger partial charge in [-0.05, 0) is 60.7 Å². The maximum absolute atomic E-state index is 13.4. The fourth-order valence-electron chi connectivity index (χ4n) is 4.23. The van der Waals surface area contributed by atoms with Crippen molar-refractivity contribution < 1.29 is 19.1 Å². The van der Waals surface area contributed by atoms with E-state index in [1.54, 1.807) is 67.9 Å². The van der Waals surface area contributed by atoms with Gasteiger partial charge in [-0.15, -0.1) is 11.8 Å². The van der Waals surface area contributed by atoms with E-state index in [0.717, 1.165) is 21.4 Å². The lowest BCUT2D eigenvalue weighted by Gasteiger charge is -2.12. The van der Waals surface area contributed by atoms with Gasteiger partial charge in [-0.25, -0.2) is 0 Å². The van der Waals surface area contributed by atoms with Crippen molar-refractivity contribution in [3.8, 4) is 5.75 Å². The van der Waals surface area contributed by atoms with Crippen LogP contribution in [0.3, 0.4) is 0 Å². The van der Waals surface area contributed by atoms with E-state index in [1.165, 1.54) is 11.8 Å². The molecule has 1 aromatic heterocycles. The molecule has 0 aliphatic rings. The zero-order valence-corrected chi connectivity index (χ0v) is 23.5. The van der Waals surface area contributed by atoms with Crippen LogP contribution >= 0.6 is 11.8 Å². The van der Waals surface area contributed by atoms with E-state index in [-0.39, 0.29) is 17.4 Å². The normalized spacial score (nSPS) is 11.1. The van der Waals surface area contributed by atoms with Crippen molar-refractivity contribution in [1.82, 2.24) is 10.3 Å². The highest BCUT2D eigenvalue weighted by Gasteiger charge is 2.16. The molecule has 0 aliphatic heterocycles. The van der Waals surface area contributed by atoms with Crippen molar-refractivity contribution in [3.05, 3.63) is 126 Å². The number of carbonyl (C=O) groups excluding carboxylic acids is 3. The van der Waals surface area contributed by atoms with E-state index in [2.05, 4.69) is 20.9 Å². The molecular formula is C33H28N4O4S. The van der Waals surface area contributed by atoms with Gasteiger partial charge >= 0.3 is 0 Å². The molecule has 0 saturated carbocycles. The van der Waals surface area contributed by atoms with Gasteiger partial charge in [0.1, 0.15) is 11.4 Å². The Balaban J connectivity index is 1.26. The molecule has 4 N–H and O–H groups in total. The molecule has 210 valence electrons. The number of hydrogen-bond donors (Lipinski definition) is 4. The monoisotopic (exact) mass is 576 g/mol. The van der Waals surface area contributed by atoms with E-state index in [4.69, 9.17) is 4.74 Å². The second kappa shape index (κ2) is 13.4. The molecule has 8 nitrogen and oxygen atoms in total. The van der Waals surface area contributed by atoms with Crippen LogP contribution in [0, 0.1) is 0 Å². The van der Waals surface area contributed by atoms with Crippen LogP contribution in [-0.2, 0) is 9.59 Å². The lowest BCUT2D eigenvalue weighted by Crippen LogP contribution is -2.30. The maximum Gasteiger partial charge on any atom is 0.272 e. The number of para-hydroxylation sites is 3. The van der Waals surface area contributed by atoms with Crippen LogP contribution in [0.15, 0.2) is 120 Å². The van der Waals surface area contributed by atoms with Crippen LogP contribution in [-0.4, -0.2) is 35.6 Å². The molecular weight excluding hydrogens is 548 g/mol. The van der Waals surface area contributed by atoms with Crippen molar-refractivity contribution in [3.63, 3.8) is 0 Å². The number of rotatable bonds is 10. The first-order chi connectivity index (χ1) is 20.5. The van der Waals surface area contributed by atoms with Gasteiger partial charge in [-0.2, -0.15) is 0 Å². The second-order valence-electron chi connectivity index (χ2n) is 9.18. The predicted octanol–water partition coefficient (Wildman–Crippen LogP) is 6.32. The summed E-state index contributed by atoms with van der Waals surface area (Å²) in [6.45, 7) is 0. The number of benzene rings is 4. The van der Waals surface area contributed by atoms with Crippen LogP contribution in [0.5, 0.6) is 5.75 Å². The summed E-state index contributed by atoms with van der Waals surface area (Å²) in [4.78, 5) is 42.8. The molecule has 3 amide bonds. The molecule has 0 bridgehead atoms. The van der Waals surface area contributed by atoms with Crippen LogP contribution in [0.25, 0.3) is 17.0 Å². The Hall–Kier alpha value is -5.28.